The third kappa shape index (κ3) is 3.67. The van der Waals surface area contributed by atoms with Crippen molar-refractivity contribution < 1.29 is 14.3 Å². The van der Waals surface area contributed by atoms with Gasteiger partial charge in [-0.2, -0.15) is 0 Å². The first-order valence-electron chi connectivity index (χ1n) is 6.63. The van der Waals surface area contributed by atoms with Crippen LogP contribution in [0.5, 0.6) is 0 Å². The summed E-state index contributed by atoms with van der Waals surface area (Å²) in [5, 5.41) is 3.08. The SMILES string of the molecule is COCC(NC(=O)C1(CN)CCOCC1)C(C)C. The molecule has 0 aliphatic carbocycles. The molecular formula is C13H26N2O3. The lowest BCUT2D eigenvalue weighted by Gasteiger charge is -2.36. The second-order valence-electron chi connectivity index (χ2n) is 5.38. The van der Waals surface area contributed by atoms with Gasteiger partial charge in [0.15, 0.2) is 0 Å². The molecule has 0 radical (unpaired) electrons. The predicted octanol–water partition coefficient (Wildman–Crippen LogP) is 0.529. The van der Waals surface area contributed by atoms with Gasteiger partial charge in [-0.3, -0.25) is 4.79 Å². The van der Waals surface area contributed by atoms with Crippen molar-refractivity contribution in [2.75, 3.05) is 33.5 Å². The zero-order valence-corrected chi connectivity index (χ0v) is 11.7. The quantitative estimate of drug-likeness (QED) is 0.729. The largest absolute Gasteiger partial charge is 0.383 e. The van der Waals surface area contributed by atoms with Crippen LogP contribution < -0.4 is 11.1 Å². The second kappa shape index (κ2) is 7.07. The molecule has 1 aliphatic rings. The zero-order chi connectivity index (χ0) is 13.6. The van der Waals surface area contributed by atoms with Gasteiger partial charge in [-0.1, -0.05) is 13.8 Å². The molecule has 5 heteroatoms. The van der Waals surface area contributed by atoms with E-state index in [2.05, 4.69) is 19.2 Å². The van der Waals surface area contributed by atoms with E-state index in [4.69, 9.17) is 15.2 Å². The van der Waals surface area contributed by atoms with E-state index in [1.807, 2.05) is 0 Å². The molecule has 106 valence electrons. The van der Waals surface area contributed by atoms with Crippen LogP contribution in [0.3, 0.4) is 0 Å². The Morgan fingerprint density at radius 1 is 1.44 bits per heavy atom. The van der Waals surface area contributed by atoms with E-state index in [1.54, 1.807) is 7.11 Å². The molecule has 1 heterocycles. The van der Waals surface area contributed by atoms with Crippen molar-refractivity contribution in [2.45, 2.75) is 32.7 Å². The van der Waals surface area contributed by atoms with Crippen LogP contribution in [-0.2, 0) is 14.3 Å². The van der Waals surface area contributed by atoms with Crippen LogP contribution in [0, 0.1) is 11.3 Å². The van der Waals surface area contributed by atoms with Crippen molar-refractivity contribution in [1.82, 2.24) is 5.32 Å². The van der Waals surface area contributed by atoms with Gasteiger partial charge in [-0.25, -0.2) is 0 Å². The minimum absolute atomic E-state index is 0.0359. The maximum atomic E-state index is 12.4. The van der Waals surface area contributed by atoms with E-state index in [-0.39, 0.29) is 11.9 Å². The summed E-state index contributed by atoms with van der Waals surface area (Å²) in [4.78, 5) is 12.4. The highest BCUT2D eigenvalue weighted by Gasteiger charge is 2.39. The minimum atomic E-state index is -0.459. The molecule has 1 rings (SSSR count). The molecule has 1 atom stereocenters. The lowest BCUT2D eigenvalue weighted by Crippen LogP contribution is -2.53. The van der Waals surface area contributed by atoms with E-state index in [1.165, 1.54) is 0 Å². The number of methoxy groups -OCH3 is 1. The number of hydrogen-bond donors (Lipinski definition) is 2. The Bertz CT molecular complexity index is 263. The van der Waals surface area contributed by atoms with E-state index < -0.39 is 5.41 Å². The first kappa shape index (κ1) is 15.4. The summed E-state index contributed by atoms with van der Waals surface area (Å²) >= 11 is 0. The molecule has 1 aliphatic heterocycles. The van der Waals surface area contributed by atoms with Crippen LogP contribution >= 0.6 is 0 Å². The maximum absolute atomic E-state index is 12.4. The van der Waals surface area contributed by atoms with Crippen LogP contribution in [-0.4, -0.2) is 45.4 Å². The molecule has 3 N–H and O–H groups in total. The van der Waals surface area contributed by atoms with E-state index in [9.17, 15) is 4.79 Å². The summed E-state index contributed by atoms with van der Waals surface area (Å²) in [6.07, 6.45) is 1.40. The summed E-state index contributed by atoms with van der Waals surface area (Å²) in [5.74, 6) is 0.382. The molecule has 0 aromatic rings. The van der Waals surface area contributed by atoms with Crippen molar-refractivity contribution in [3.63, 3.8) is 0 Å². The van der Waals surface area contributed by atoms with Crippen molar-refractivity contribution in [2.24, 2.45) is 17.1 Å². The van der Waals surface area contributed by atoms with Crippen molar-refractivity contribution in [1.29, 1.82) is 0 Å². The monoisotopic (exact) mass is 258 g/mol. The number of nitrogens with one attached hydrogen (secondary N) is 1. The summed E-state index contributed by atoms with van der Waals surface area (Å²) in [6.45, 7) is 6.27. The fourth-order valence-corrected chi connectivity index (χ4v) is 2.19. The molecule has 0 saturated carbocycles. The number of carbonyl (C=O) groups excluding carboxylic acids is 1. The second-order valence-corrected chi connectivity index (χ2v) is 5.38. The van der Waals surface area contributed by atoms with Gasteiger partial charge in [0.05, 0.1) is 18.1 Å². The highest BCUT2D eigenvalue weighted by Crippen LogP contribution is 2.29. The van der Waals surface area contributed by atoms with Crippen LogP contribution in [0.1, 0.15) is 26.7 Å². The predicted molar refractivity (Wildman–Crippen MR) is 70.2 cm³/mol. The van der Waals surface area contributed by atoms with Gasteiger partial charge < -0.3 is 20.5 Å². The number of ether oxygens (including phenoxy) is 2. The van der Waals surface area contributed by atoms with Gasteiger partial charge in [0.25, 0.3) is 0 Å². The summed E-state index contributed by atoms with van der Waals surface area (Å²) in [5.41, 5.74) is 5.36. The van der Waals surface area contributed by atoms with E-state index in [0.717, 1.165) is 0 Å². The number of hydrogen-bond acceptors (Lipinski definition) is 4. The Morgan fingerprint density at radius 2 is 2.06 bits per heavy atom. The molecule has 1 fully saturated rings. The average Bonchev–Trinajstić information content (AvgIpc) is 2.38. The van der Waals surface area contributed by atoms with Gasteiger partial charge in [0, 0.05) is 26.9 Å². The zero-order valence-electron chi connectivity index (χ0n) is 11.7. The molecule has 5 nitrogen and oxygen atoms in total. The van der Waals surface area contributed by atoms with Gasteiger partial charge in [0.2, 0.25) is 5.91 Å². The third-order valence-electron chi connectivity index (χ3n) is 3.79. The molecule has 0 bridgehead atoms. The van der Waals surface area contributed by atoms with E-state index >= 15 is 0 Å². The lowest BCUT2D eigenvalue weighted by molar-refractivity contribution is -0.137. The van der Waals surface area contributed by atoms with Crippen LogP contribution in [0.15, 0.2) is 0 Å². The molecule has 0 aromatic carbocycles. The maximum Gasteiger partial charge on any atom is 0.227 e. The molecular weight excluding hydrogens is 232 g/mol. The normalized spacial score (nSPS) is 20.7. The summed E-state index contributed by atoms with van der Waals surface area (Å²) in [6, 6.07) is 0.0359. The molecule has 0 aromatic heterocycles. The summed E-state index contributed by atoms with van der Waals surface area (Å²) in [7, 11) is 1.65. The number of amides is 1. The van der Waals surface area contributed by atoms with Gasteiger partial charge in [-0.15, -0.1) is 0 Å². The van der Waals surface area contributed by atoms with Gasteiger partial charge >= 0.3 is 0 Å². The molecule has 1 saturated heterocycles. The van der Waals surface area contributed by atoms with Crippen molar-refractivity contribution >= 4 is 5.91 Å². The fourth-order valence-electron chi connectivity index (χ4n) is 2.19. The minimum Gasteiger partial charge on any atom is -0.383 e. The topological polar surface area (TPSA) is 73.6 Å². The van der Waals surface area contributed by atoms with Crippen molar-refractivity contribution in [3.05, 3.63) is 0 Å². The van der Waals surface area contributed by atoms with Crippen LogP contribution in [0.25, 0.3) is 0 Å². The Morgan fingerprint density at radius 3 is 2.50 bits per heavy atom. The van der Waals surface area contributed by atoms with Gasteiger partial charge in [-0.05, 0) is 18.8 Å². The van der Waals surface area contributed by atoms with Crippen LogP contribution in [0.2, 0.25) is 0 Å². The highest BCUT2D eigenvalue weighted by molar-refractivity contribution is 5.83. The number of carbonyl (C=O) groups is 1. The standard InChI is InChI=1S/C13H26N2O3/c1-10(2)11(8-17-3)15-12(16)13(9-14)4-6-18-7-5-13/h10-11H,4-9,14H2,1-3H3,(H,15,16). The van der Waals surface area contributed by atoms with Crippen molar-refractivity contribution in [3.8, 4) is 0 Å². The summed E-state index contributed by atoms with van der Waals surface area (Å²) < 4.78 is 10.5. The van der Waals surface area contributed by atoms with Crippen LogP contribution in [0.4, 0.5) is 0 Å². The fraction of sp³-hybridized carbons (Fsp3) is 0.923. The average molecular weight is 258 g/mol. The highest BCUT2D eigenvalue weighted by atomic mass is 16.5. The van der Waals surface area contributed by atoms with Gasteiger partial charge in [0.1, 0.15) is 0 Å². The number of nitrogens with two attached hydrogens (primary N) is 1. The van der Waals surface area contributed by atoms with E-state index in [0.29, 0.717) is 45.1 Å². The number of rotatable bonds is 6. The molecule has 18 heavy (non-hydrogen) atoms. The third-order valence-corrected chi connectivity index (χ3v) is 3.79. The first-order valence-corrected chi connectivity index (χ1v) is 6.63. The smallest absolute Gasteiger partial charge is 0.227 e. The molecule has 0 spiro atoms. The Labute approximate surface area is 109 Å². The Hall–Kier alpha value is -0.650. The first-order chi connectivity index (χ1) is 8.55. The molecule has 1 unspecified atom stereocenters. The Kier molecular flexibility index (Phi) is 6.05. The Balaban J connectivity index is 2.65. The lowest BCUT2D eigenvalue weighted by atomic mass is 9.79. The molecule has 1 amide bonds.